The van der Waals surface area contributed by atoms with Crippen LogP contribution in [0.25, 0.3) is 0 Å². The van der Waals surface area contributed by atoms with E-state index in [0.29, 0.717) is 30.7 Å². The summed E-state index contributed by atoms with van der Waals surface area (Å²) in [7, 11) is 1.68. The van der Waals surface area contributed by atoms with E-state index in [-0.39, 0.29) is 12.0 Å². The minimum absolute atomic E-state index is 0.0975. The molecule has 1 amide bonds. The predicted octanol–water partition coefficient (Wildman–Crippen LogP) is 6.55. The highest BCUT2D eigenvalue weighted by Gasteiger charge is 2.22. The molecular weight excluding hydrogens is 414 g/mol. The number of carbonyl (C=O) groups excluding carboxylic acids is 1. The highest BCUT2D eigenvalue weighted by Crippen LogP contribution is 2.30. The second kappa shape index (κ2) is 11.6. The summed E-state index contributed by atoms with van der Waals surface area (Å²) in [5.41, 5.74) is 2.31. The molecule has 1 atom stereocenters. The van der Waals surface area contributed by atoms with Gasteiger partial charge in [0, 0.05) is 13.1 Å². The van der Waals surface area contributed by atoms with E-state index in [0.717, 1.165) is 23.5 Å². The number of nitrogens with zero attached hydrogens (tertiary/aromatic N) is 1. The van der Waals surface area contributed by atoms with Crippen molar-refractivity contribution in [1.82, 2.24) is 4.90 Å². The van der Waals surface area contributed by atoms with E-state index in [2.05, 4.69) is 26.0 Å². The van der Waals surface area contributed by atoms with Crippen LogP contribution in [-0.2, 0) is 6.54 Å². The summed E-state index contributed by atoms with van der Waals surface area (Å²) in [6.07, 6.45) is 2.52. The normalized spacial score (nSPS) is 12.1. The Labute approximate surface area is 197 Å². The molecule has 33 heavy (non-hydrogen) atoms. The Kier molecular flexibility index (Phi) is 8.58. The quantitative estimate of drug-likeness (QED) is 0.333. The van der Waals surface area contributed by atoms with E-state index >= 15 is 0 Å². The third-order valence-corrected chi connectivity index (χ3v) is 5.75. The summed E-state index contributed by atoms with van der Waals surface area (Å²) in [6.45, 7) is 9.59. The number of amides is 1. The largest absolute Gasteiger partial charge is 0.497 e. The molecular formula is C28H35NO4. The van der Waals surface area contributed by atoms with Gasteiger partial charge < -0.3 is 18.8 Å². The first kappa shape index (κ1) is 24.4. The monoisotopic (exact) mass is 449 g/mol. The van der Waals surface area contributed by atoms with Crippen LogP contribution in [0.5, 0.6) is 11.5 Å². The first-order valence-corrected chi connectivity index (χ1v) is 11.6. The average Bonchev–Trinajstić information content (AvgIpc) is 3.34. The lowest BCUT2D eigenvalue weighted by atomic mass is 9.85. The molecule has 2 aromatic carbocycles. The molecule has 0 unspecified atom stereocenters. The number of hydrogen-bond acceptors (Lipinski definition) is 4. The zero-order chi connectivity index (χ0) is 23.8. The summed E-state index contributed by atoms with van der Waals surface area (Å²) in [5, 5.41) is 0. The molecule has 0 fully saturated rings. The Morgan fingerprint density at radius 3 is 2.15 bits per heavy atom. The Bertz CT molecular complexity index is 976. The summed E-state index contributed by atoms with van der Waals surface area (Å²) >= 11 is 0. The van der Waals surface area contributed by atoms with Crippen LogP contribution in [0.3, 0.4) is 0 Å². The molecule has 0 spiro atoms. The first-order chi connectivity index (χ1) is 15.9. The molecule has 3 rings (SSSR count). The van der Waals surface area contributed by atoms with Gasteiger partial charge in [-0.2, -0.15) is 0 Å². The maximum Gasteiger partial charge on any atom is 0.289 e. The van der Waals surface area contributed by atoms with Gasteiger partial charge in [0.25, 0.3) is 5.91 Å². The van der Waals surface area contributed by atoms with Gasteiger partial charge in [-0.25, -0.2) is 0 Å². The van der Waals surface area contributed by atoms with Gasteiger partial charge in [-0.05, 0) is 79.6 Å². The van der Waals surface area contributed by atoms with Crippen LogP contribution in [0.15, 0.2) is 71.3 Å². The fraction of sp³-hybridized carbons (Fsp3) is 0.393. The molecule has 176 valence electrons. The van der Waals surface area contributed by atoms with E-state index in [4.69, 9.17) is 13.9 Å². The number of ether oxygens (including phenoxy) is 2. The van der Waals surface area contributed by atoms with Crippen molar-refractivity contribution in [2.45, 2.75) is 52.7 Å². The van der Waals surface area contributed by atoms with Crippen molar-refractivity contribution in [3.8, 4) is 11.5 Å². The highest BCUT2D eigenvalue weighted by atomic mass is 16.5. The van der Waals surface area contributed by atoms with Crippen LogP contribution in [0, 0.1) is 5.92 Å². The van der Waals surface area contributed by atoms with Crippen molar-refractivity contribution >= 4 is 5.91 Å². The van der Waals surface area contributed by atoms with Crippen LogP contribution >= 0.6 is 0 Å². The lowest BCUT2D eigenvalue weighted by molar-refractivity contribution is 0.0702. The molecule has 1 heterocycles. The van der Waals surface area contributed by atoms with E-state index in [1.807, 2.05) is 55.1 Å². The minimum Gasteiger partial charge on any atom is -0.497 e. The van der Waals surface area contributed by atoms with E-state index in [1.54, 1.807) is 19.2 Å². The van der Waals surface area contributed by atoms with Crippen molar-refractivity contribution in [2.75, 3.05) is 13.7 Å². The number of methoxy groups -OCH3 is 1. The second-order valence-electron chi connectivity index (χ2n) is 8.93. The molecule has 0 radical (unpaired) electrons. The predicted molar refractivity (Wildman–Crippen MR) is 131 cm³/mol. The lowest BCUT2D eigenvalue weighted by Crippen LogP contribution is -2.32. The van der Waals surface area contributed by atoms with Crippen molar-refractivity contribution in [2.24, 2.45) is 5.92 Å². The molecule has 1 aromatic heterocycles. The standard InChI is InChI=1S/C28H35NO4/c1-20(2)26(23-10-14-24(31-5)15-11-23)16-17-29(28(30)27-7-6-18-32-27)19-22-8-12-25(13-9-22)33-21(3)4/h6-15,18,20-21,26H,16-17,19H2,1-5H3/t26-/m1/s1. The molecule has 5 heteroatoms. The van der Waals surface area contributed by atoms with Gasteiger partial charge in [-0.1, -0.05) is 38.1 Å². The Morgan fingerprint density at radius 2 is 1.61 bits per heavy atom. The number of benzene rings is 2. The number of rotatable bonds is 11. The Morgan fingerprint density at radius 1 is 0.939 bits per heavy atom. The Hall–Kier alpha value is -3.21. The molecule has 3 aromatic rings. The third kappa shape index (κ3) is 6.88. The van der Waals surface area contributed by atoms with Gasteiger partial charge in [-0.3, -0.25) is 4.79 Å². The van der Waals surface area contributed by atoms with E-state index in [1.165, 1.54) is 11.8 Å². The molecule has 0 saturated carbocycles. The van der Waals surface area contributed by atoms with Crippen LogP contribution < -0.4 is 9.47 Å². The molecule has 0 aliphatic heterocycles. The van der Waals surface area contributed by atoms with E-state index in [9.17, 15) is 4.79 Å². The molecule has 0 bridgehead atoms. The number of furan rings is 1. The van der Waals surface area contributed by atoms with Gasteiger partial charge in [0.1, 0.15) is 11.5 Å². The smallest absolute Gasteiger partial charge is 0.289 e. The summed E-state index contributed by atoms with van der Waals surface area (Å²) in [5.74, 6) is 2.70. The van der Waals surface area contributed by atoms with Crippen molar-refractivity contribution < 1.29 is 18.7 Å². The van der Waals surface area contributed by atoms with Crippen LogP contribution in [-0.4, -0.2) is 30.6 Å². The first-order valence-electron chi connectivity index (χ1n) is 11.6. The van der Waals surface area contributed by atoms with Crippen LogP contribution in [0.4, 0.5) is 0 Å². The van der Waals surface area contributed by atoms with Crippen LogP contribution in [0.1, 0.15) is 61.7 Å². The van der Waals surface area contributed by atoms with Crippen molar-refractivity contribution in [3.63, 3.8) is 0 Å². The van der Waals surface area contributed by atoms with Gasteiger partial charge in [0.05, 0.1) is 19.5 Å². The molecule has 0 N–H and O–H groups in total. The SMILES string of the molecule is COc1ccc([C@H](CCN(Cc2ccc(OC(C)C)cc2)C(=O)c2ccco2)C(C)C)cc1. The second-order valence-corrected chi connectivity index (χ2v) is 8.93. The third-order valence-electron chi connectivity index (χ3n) is 5.75. The maximum absolute atomic E-state index is 13.2. The highest BCUT2D eigenvalue weighted by molar-refractivity contribution is 5.91. The zero-order valence-corrected chi connectivity index (χ0v) is 20.3. The Balaban J connectivity index is 1.76. The number of carbonyl (C=O) groups is 1. The summed E-state index contributed by atoms with van der Waals surface area (Å²) < 4.78 is 16.5. The summed E-state index contributed by atoms with van der Waals surface area (Å²) in [4.78, 5) is 15.1. The van der Waals surface area contributed by atoms with Gasteiger partial charge in [0.2, 0.25) is 0 Å². The van der Waals surface area contributed by atoms with Crippen molar-refractivity contribution in [3.05, 3.63) is 83.8 Å². The van der Waals surface area contributed by atoms with Gasteiger partial charge in [0.15, 0.2) is 5.76 Å². The molecule has 0 saturated heterocycles. The fourth-order valence-electron chi connectivity index (χ4n) is 4.01. The molecule has 0 aliphatic rings. The number of hydrogen-bond donors (Lipinski definition) is 0. The minimum atomic E-state index is -0.0975. The van der Waals surface area contributed by atoms with Crippen molar-refractivity contribution in [1.29, 1.82) is 0 Å². The van der Waals surface area contributed by atoms with Gasteiger partial charge in [-0.15, -0.1) is 0 Å². The molecule has 0 aliphatic carbocycles. The zero-order valence-electron chi connectivity index (χ0n) is 20.3. The van der Waals surface area contributed by atoms with Crippen LogP contribution in [0.2, 0.25) is 0 Å². The molecule has 5 nitrogen and oxygen atoms in total. The van der Waals surface area contributed by atoms with E-state index < -0.39 is 0 Å². The summed E-state index contributed by atoms with van der Waals surface area (Å²) in [6, 6.07) is 19.7. The fourth-order valence-corrected chi connectivity index (χ4v) is 4.01. The average molecular weight is 450 g/mol. The topological polar surface area (TPSA) is 51.9 Å². The van der Waals surface area contributed by atoms with Gasteiger partial charge >= 0.3 is 0 Å². The maximum atomic E-state index is 13.2. The lowest BCUT2D eigenvalue weighted by Gasteiger charge is -2.27.